The van der Waals surface area contributed by atoms with Gasteiger partial charge >= 0.3 is 0 Å². The van der Waals surface area contributed by atoms with E-state index in [1.54, 1.807) is 0 Å². The number of ketones is 2. The number of rotatable bonds is 1. The van der Waals surface area contributed by atoms with Gasteiger partial charge in [-0.3, -0.25) is 9.59 Å². The zero-order chi connectivity index (χ0) is 7.72. The minimum atomic E-state index is -0.588. The molecular weight excluding hydrogens is 175 g/mol. The summed E-state index contributed by atoms with van der Waals surface area (Å²) in [4.78, 5) is 20.7. The third kappa shape index (κ3) is 1.50. The second-order valence-corrected chi connectivity index (χ2v) is 3.51. The van der Waals surface area contributed by atoms with Gasteiger partial charge in [0.1, 0.15) is 4.84 Å². The Labute approximate surface area is 68.5 Å². The number of carbonyl (C=O) groups is 2. The fourth-order valence-electron chi connectivity index (χ4n) is 0.954. The predicted molar refractivity (Wildman–Crippen MR) is 38.2 cm³/mol. The molecule has 0 aliphatic heterocycles. The zero-order valence-corrected chi connectivity index (χ0v) is 6.65. The van der Waals surface area contributed by atoms with Crippen LogP contribution in [0, 0.1) is 5.92 Å². The van der Waals surface area contributed by atoms with Crippen LogP contribution in [0.1, 0.15) is 12.8 Å². The Bertz CT molecular complexity index is 161. The molecule has 0 spiro atoms. The number of hydrogen-bond donors (Lipinski definition) is 0. The van der Waals surface area contributed by atoms with Gasteiger partial charge in [0.15, 0.2) is 11.6 Å². The largest absolute Gasteiger partial charge is 0.291 e. The van der Waals surface area contributed by atoms with E-state index < -0.39 is 4.84 Å². The maximum absolute atomic E-state index is 10.6. The van der Waals surface area contributed by atoms with Crippen molar-refractivity contribution < 1.29 is 9.59 Å². The van der Waals surface area contributed by atoms with Crippen LogP contribution in [-0.4, -0.2) is 16.4 Å². The maximum atomic E-state index is 10.6. The molecule has 0 heterocycles. The van der Waals surface area contributed by atoms with E-state index in [-0.39, 0.29) is 30.3 Å². The number of Topliss-reactive ketones (excluding diaryl/α,β-unsaturated/α-hetero) is 2. The van der Waals surface area contributed by atoms with Crippen molar-refractivity contribution in [3.63, 3.8) is 0 Å². The Morgan fingerprint density at radius 1 is 1.20 bits per heavy atom. The second-order valence-electron chi connectivity index (χ2n) is 2.35. The van der Waals surface area contributed by atoms with E-state index >= 15 is 0 Å². The van der Waals surface area contributed by atoms with Crippen LogP contribution in [0.15, 0.2) is 0 Å². The smallest absolute Gasteiger partial charge is 0.198 e. The van der Waals surface area contributed by atoms with Gasteiger partial charge < -0.3 is 0 Å². The lowest BCUT2D eigenvalue weighted by Crippen LogP contribution is -2.03. The summed E-state index contributed by atoms with van der Waals surface area (Å²) in [5.41, 5.74) is 0. The van der Waals surface area contributed by atoms with Crippen molar-refractivity contribution >= 4 is 34.8 Å². The molecule has 1 fully saturated rings. The first-order valence-corrected chi connectivity index (χ1v) is 3.82. The lowest BCUT2D eigenvalue weighted by molar-refractivity contribution is -0.134. The summed E-state index contributed by atoms with van der Waals surface area (Å²) >= 11 is 11.0. The molecule has 4 heteroatoms. The highest BCUT2D eigenvalue weighted by atomic mass is 35.5. The SMILES string of the molecule is O=C1CC(C(Cl)Cl)CC1=O. The molecule has 0 radical (unpaired) electrons. The molecule has 0 bridgehead atoms. The first kappa shape index (κ1) is 8.02. The molecule has 0 atom stereocenters. The van der Waals surface area contributed by atoms with Crippen LogP contribution >= 0.6 is 23.2 Å². The lowest BCUT2D eigenvalue weighted by Gasteiger charge is -2.04. The third-order valence-corrected chi connectivity index (χ3v) is 2.28. The highest BCUT2D eigenvalue weighted by Gasteiger charge is 2.33. The van der Waals surface area contributed by atoms with Gasteiger partial charge in [-0.25, -0.2) is 0 Å². The Balaban J connectivity index is 2.57. The number of halogens is 2. The van der Waals surface area contributed by atoms with E-state index in [2.05, 4.69) is 0 Å². The van der Waals surface area contributed by atoms with Gasteiger partial charge in [-0.15, -0.1) is 23.2 Å². The second kappa shape index (κ2) is 2.89. The van der Waals surface area contributed by atoms with Crippen molar-refractivity contribution in [1.82, 2.24) is 0 Å². The molecule has 1 aliphatic rings. The summed E-state index contributed by atoms with van der Waals surface area (Å²) in [6.07, 6.45) is 0.438. The fraction of sp³-hybridized carbons (Fsp3) is 0.667. The number of alkyl halides is 2. The van der Waals surface area contributed by atoms with Crippen molar-refractivity contribution in [1.29, 1.82) is 0 Å². The van der Waals surface area contributed by atoms with Crippen molar-refractivity contribution in [3.8, 4) is 0 Å². The predicted octanol–water partition coefficient (Wildman–Crippen LogP) is 1.34. The maximum Gasteiger partial charge on any atom is 0.198 e. The van der Waals surface area contributed by atoms with Crippen molar-refractivity contribution in [2.45, 2.75) is 17.7 Å². The van der Waals surface area contributed by atoms with Gasteiger partial charge in [-0.2, -0.15) is 0 Å². The van der Waals surface area contributed by atoms with E-state index in [9.17, 15) is 9.59 Å². The number of carbonyl (C=O) groups excluding carboxylic acids is 2. The van der Waals surface area contributed by atoms with Crippen LogP contribution in [0.2, 0.25) is 0 Å². The Morgan fingerprint density at radius 2 is 1.60 bits per heavy atom. The quantitative estimate of drug-likeness (QED) is 0.451. The average Bonchev–Trinajstić information content (AvgIpc) is 2.13. The van der Waals surface area contributed by atoms with Crippen molar-refractivity contribution in [2.75, 3.05) is 0 Å². The Hall–Kier alpha value is -0.0800. The topological polar surface area (TPSA) is 34.1 Å². The molecule has 56 valence electrons. The molecule has 0 aromatic heterocycles. The number of hydrogen-bond acceptors (Lipinski definition) is 2. The average molecular weight is 181 g/mol. The highest BCUT2D eigenvalue weighted by Crippen LogP contribution is 2.28. The summed E-state index contributed by atoms with van der Waals surface area (Å²) in [6.45, 7) is 0. The summed E-state index contributed by atoms with van der Waals surface area (Å²) in [7, 11) is 0. The van der Waals surface area contributed by atoms with E-state index in [0.29, 0.717) is 0 Å². The molecule has 0 unspecified atom stereocenters. The third-order valence-electron chi connectivity index (χ3n) is 1.56. The molecule has 0 aromatic rings. The highest BCUT2D eigenvalue weighted by molar-refractivity contribution is 6.46. The molecule has 1 rings (SSSR count). The van der Waals surface area contributed by atoms with Gasteiger partial charge in [-0.1, -0.05) is 0 Å². The zero-order valence-electron chi connectivity index (χ0n) is 5.14. The summed E-state index contributed by atoms with van der Waals surface area (Å²) < 4.78 is 0. The van der Waals surface area contributed by atoms with E-state index in [1.807, 2.05) is 0 Å². The van der Waals surface area contributed by atoms with Crippen LogP contribution in [-0.2, 0) is 9.59 Å². The molecule has 10 heavy (non-hydrogen) atoms. The standard InChI is InChI=1S/C6H6Cl2O2/c7-6(8)3-1-4(9)5(10)2-3/h3,6H,1-2H2. The summed E-state index contributed by atoms with van der Waals surface area (Å²) in [6, 6.07) is 0. The van der Waals surface area contributed by atoms with E-state index in [4.69, 9.17) is 23.2 Å². The van der Waals surface area contributed by atoms with Crippen LogP contribution in [0.4, 0.5) is 0 Å². The van der Waals surface area contributed by atoms with Crippen LogP contribution in [0.3, 0.4) is 0 Å². The van der Waals surface area contributed by atoms with Gasteiger partial charge in [0.25, 0.3) is 0 Å². The normalized spacial score (nSPS) is 21.1. The molecule has 0 aromatic carbocycles. The van der Waals surface area contributed by atoms with Gasteiger partial charge in [0.2, 0.25) is 0 Å². The first-order chi connectivity index (χ1) is 4.61. The van der Waals surface area contributed by atoms with Crippen LogP contribution < -0.4 is 0 Å². The van der Waals surface area contributed by atoms with Crippen LogP contribution in [0.5, 0.6) is 0 Å². The Morgan fingerprint density at radius 3 is 1.80 bits per heavy atom. The summed E-state index contributed by atoms with van der Waals surface area (Å²) in [5.74, 6) is -0.823. The van der Waals surface area contributed by atoms with E-state index in [1.165, 1.54) is 0 Å². The lowest BCUT2D eigenvalue weighted by atomic mass is 10.1. The first-order valence-electron chi connectivity index (χ1n) is 2.95. The molecule has 0 saturated heterocycles. The monoisotopic (exact) mass is 180 g/mol. The molecule has 1 aliphatic carbocycles. The minimum Gasteiger partial charge on any atom is -0.291 e. The molecule has 2 nitrogen and oxygen atoms in total. The van der Waals surface area contributed by atoms with E-state index in [0.717, 1.165) is 0 Å². The molecular formula is C6H6Cl2O2. The van der Waals surface area contributed by atoms with Gasteiger partial charge in [-0.05, 0) is 0 Å². The van der Waals surface area contributed by atoms with Gasteiger partial charge in [0.05, 0.1) is 0 Å². The van der Waals surface area contributed by atoms with Gasteiger partial charge in [0, 0.05) is 18.8 Å². The van der Waals surface area contributed by atoms with Crippen molar-refractivity contribution in [3.05, 3.63) is 0 Å². The molecule has 0 amide bonds. The molecule has 1 saturated carbocycles. The van der Waals surface area contributed by atoms with Crippen molar-refractivity contribution in [2.24, 2.45) is 5.92 Å². The molecule has 0 N–H and O–H groups in total. The summed E-state index contributed by atoms with van der Waals surface area (Å²) in [5, 5.41) is 0. The fourth-order valence-corrected chi connectivity index (χ4v) is 1.31. The minimum absolute atomic E-state index is 0.150. The van der Waals surface area contributed by atoms with Crippen LogP contribution in [0.25, 0.3) is 0 Å². The Kier molecular flexibility index (Phi) is 2.32.